The lowest BCUT2D eigenvalue weighted by Gasteiger charge is -2.08. The van der Waals surface area contributed by atoms with E-state index in [1.54, 1.807) is 13.1 Å². The van der Waals surface area contributed by atoms with Crippen LogP contribution in [0.25, 0.3) is 0 Å². The number of amides is 1. The molecule has 0 saturated heterocycles. The van der Waals surface area contributed by atoms with Crippen LogP contribution in [0.4, 0.5) is 5.69 Å². The number of nitrogens with one attached hydrogen (secondary N) is 2. The fraction of sp³-hybridized carbons (Fsp3) is 0.222. The highest BCUT2D eigenvalue weighted by molar-refractivity contribution is 14.0. The van der Waals surface area contributed by atoms with Gasteiger partial charge >= 0.3 is 0 Å². The van der Waals surface area contributed by atoms with Gasteiger partial charge < -0.3 is 16.4 Å². The highest BCUT2D eigenvalue weighted by Crippen LogP contribution is 2.13. The van der Waals surface area contributed by atoms with Gasteiger partial charge in [0.25, 0.3) is 5.91 Å². The first-order chi connectivity index (χ1) is 11.0. The number of guanidine groups is 1. The summed E-state index contributed by atoms with van der Waals surface area (Å²) in [6.45, 7) is 4.49. The van der Waals surface area contributed by atoms with Crippen molar-refractivity contribution in [2.45, 2.75) is 20.4 Å². The Morgan fingerprint density at radius 2 is 1.79 bits per heavy atom. The highest BCUT2D eigenvalue weighted by atomic mass is 127. The van der Waals surface area contributed by atoms with Crippen LogP contribution >= 0.6 is 24.0 Å². The molecule has 0 bridgehead atoms. The third kappa shape index (κ3) is 5.84. The van der Waals surface area contributed by atoms with Crippen molar-refractivity contribution in [3.8, 4) is 0 Å². The molecule has 5 nitrogen and oxygen atoms in total. The van der Waals surface area contributed by atoms with Crippen molar-refractivity contribution >= 4 is 41.5 Å². The topological polar surface area (TPSA) is 79.5 Å². The Kier molecular flexibility index (Phi) is 7.70. The van der Waals surface area contributed by atoms with Crippen molar-refractivity contribution in [1.29, 1.82) is 0 Å². The summed E-state index contributed by atoms with van der Waals surface area (Å²) in [5.41, 5.74) is 10.7. The molecule has 0 fully saturated rings. The molecule has 0 atom stereocenters. The number of carbonyl (C=O) groups excluding carboxylic acids is 1. The number of hydrogen-bond acceptors (Lipinski definition) is 2. The molecule has 0 aliphatic heterocycles. The molecule has 0 aromatic heterocycles. The van der Waals surface area contributed by atoms with Gasteiger partial charge in [0.05, 0.1) is 6.54 Å². The number of halogens is 1. The summed E-state index contributed by atoms with van der Waals surface area (Å²) in [7, 11) is 1.61. The van der Waals surface area contributed by atoms with Gasteiger partial charge in [-0.2, -0.15) is 0 Å². The molecule has 0 spiro atoms. The molecule has 0 heterocycles. The van der Waals surface area contributed by atoms with Gasteiger partial charge in [0, 0.05) is 18.3 Å². The predicted octanol–water partition coefficient (Wildman–Crippen LogP) is 3.21. The van der Waals surface area contributed by atoms with E-state index in [-0.39, 0.29) is 29.9 Å². The first-order valence-electron chi connectivity index (χ1n) is 7.44. The molecule has 4 N–H and O–H groups in total. The largest absolute Gasteiger partial charge is 0.370 e. The second-order valence-electron chi connectivity index (χ2n) is 5.48. The number of rotatable bonds is 4. The summed E-state index contributed by atoms with van der Waals surface area (Å²) in [6, 6.07) is 13.5. The summed E-state index contributed by atoms with van der Waals surface area (Å²) in [5.74, 6) is 0.234. The van der Waals surface area contributed by atoms with Crippen molar-refractivity contribution in [3.05, 3.63) is 64.7 Å². The van der Waals surface area contributed by atoms with E-state index in [0.717, 1.165) is 11.3 Å². The van der Waals surface area contributed by atoms with Gasteiger partial charge in [0.2, 0.25) is 0 Å². The van der Waals surface area contributed by atoms with Gasteiger partial charge in [-0.05, 0) is 54.8 Å². The van der Waals surface area contributed by atoms with Crippen LogP contribution in [0, 0.1) is 13.8 Å². The summed E-state index contributed by atoms with van der Waals surface area (Å²) in [4.78, 5) is 16.0. The third-order valence-corrected chi connectivity index (χ3v) is 3.34. The molecule has 1 amide bonds. The average Bonchev–Trinajstić information content (AvgIpc) is 2.51. The van der Waals surface area contributed by atoms with Crippen molar-refractivity contribution in [1.82, 2.24) is 5.32 Å². The second-order valence-corrected chi connectivity index (χ2v) is 5.48. The summed E-state index contributed by atoms with van der Waals surface area (Å²) >= 11 is 0. The fourth-order valence-electron chi connectivity index (χ4n) is 2.37. The van der Waals surface area contributed by atoms with E-state index in [0.29, 0.717) is 18.1 Å². The summed E-state index contributed by atoms with van der Waals surface area (Å²) < 4.78 is 0. The van der Waals surface area contributed by atoms with Crippen LogP contribution in [0.2, 0.25) is 0 Å². The molecule has 2 rings (SSSR count). The van der Waals surface area contributed by atoms with Crippen molar-refractivity contribution in [2.24, 2.45) is 10.7 Å². The smallest absolute Gasteiger partial charge is 0.251 e. The number of nitrogens with zero attached hydrogens (tertiary/aromatic N) is 1. The quantitative estimate of drug-likeness (QED) is 0.390. The maximum absolute atomic E-state index is 11.6. The van der Waals surface area contributed by atoms with Gasteiger partial charge in [-0.1, -0.05) is 18.2 Å². The zero-order valence-electron chi connectivity index (χ0n) is 14.1. The van der Waals surface area contributed by atoms with Crippen LogP contribution < -0.4 is 16.4 Å². The van der Waals surface area contributed by atoms with Gasteiger partial charge in [0.1, 0.15) is 0 Å². The van der Waals surface area contributed by atoms with E-state index >= 15 is 0 Å². The van der Waals surface area contributed by atoms with Gasteiger partial charge in [-0.25, -0.2) is 4.99 Å². The molecule has 6 heteroatoms. The van der Waals surface area contributed by atoms with Crippen LogP contribution in [0.1, 0.15) is 27.0 Å². The van der Waals surface area contributed by atoms with E-state index in [2.05, 4.69) is 21.7 Å². The number of aliphatic imine (C=N–C) groups is 1. The predicted molar refractivity (Wildman–Crippen MR) is 110 cm³/mol. The van der Waals surface area contributed by atoms with E-state index in [9.17, 15) is 4.79 Å². The monoisotopic (exact) mass is 438 g/mol. The number of nitrogens with two attached hydrogens (primary N) is 1. The third-order valence-electron chi connectivity index (χ3n) is 3.34. The zero-order valence-corrected chi connectivity index (χ0v) is 16.4. The molecule has 0 saturated carbocycles. The normalized spacial score (nSPS) is 10.7. The highest BCUT2D eigenvalue weighted by Gasteiger charge is 2.03. The van der Waals surface area contributed by atoms with Crippen LogP contribution in [-0.2, 0) is 6.54 Å². The van der Waals surface area contributed by atoms with Crippen LogP contribution in [0.5, 0.6) is 0 Å². The van der Waals surface area contributed by atoms with Crippen LogP contribution in [0.3, 0.4) is 0 Å². The van der Waals surface area contributed by atoms with Gasteiger partial charge in [0.15, 0.2) is 5.96 Å². The second kappa shape index (κ2) is 9.27. The maximum atomic E-state index is 11.6. The number of aryl methyl sites for hydroxylation is 2. The molecule has 0 radical (unpaired) electrons. The Bertz CT molecular complexity index is 723. The van der Waals surface area contributed by atoms with Crippen LogP contribution in [-0.4, -0.2) is 18.9 Å². The Morgan fingerprint density at radius 3 is 2.42 bits per heavy atom. The molecular formula is C18H23IN4O. The van der Waals surface area contributed by atoms with Gasteiger partial charge in [-0.3, -0.25) is 4.79 Å². The lowest BCUT2D eigenvalue weighted by molar-refractivity contribution is 0.0963. The van der Waals surface area contributed by atoms with Crippen LogP contribution in [0.15, 0.2) is 47.5 Å². The number of carbonyl (C=O) groups is 1. The average molecular weight is 438 g/mol. The molecule has 0 unspecified atom stereocenters. The summed E-state index contributed by atoms with van der Waals surface area (Å²) in [5, 5.41) is 5.70. The molecule has 24 heavy (non-hydrogen) atoms. The Balaban J connectivity index is 0.00000288. The first-order valence-corrected chi connectivity index (χ1v) is 7.44. The minimum atomic E-state index is -0.114. The zero-order chi connectivity index (χ0) is 16.8. The van der Waals surface area contributed by atoms with Crippen molar-refractivity contribution in [3.63, 3.8) is 0 Å². The molecule has 0 aliphatic carbocycles. The molecular weight excluding hydrogens is 415 g/mol. The Labute approximate surface area is 159 Å². The van der Waals surface area contributed by atoms with E-state index < -0.39 is 0 Å². The number of benzene rings is 2. The van der Waals surface area contributed by atoms with E-state index in [1.165, 1.54) is 11.1 Å². The Hall–Kier alpha value is -2.09. The maximum Gasteiger partial charge on any atom is 0.251 e. The number of hydrogen-bond donors (Lipinski definition) is 3. The minimum absolute atomic E-state index is 0. The van der Waals surface area contributed by atoms with Gasteiger partial charge in [-0.15, -0.1) is 24.0 Å². The SMILES string of the molecule is CNC(=O)c1cccc(CN=C(N)Nc2cc(C)cc(C)c2)c1.I. The lowest BCUT2D eigenvalue weighted by atomic mass is 10.1. The number of anilines is 1. The lowest BCUT2D eigenvalue weighted by Crippen LogP contribution is -2.22. The van der Waals surface area contributed by atoms with Crippen molar-refractivity contribution in [2.75, 3.05) is 12.4 Å². The Morgan fingerprint density at radius 1 is 1.12 bits per heavy atom. The first kappa shape index (κ1) is 20.0. The standard InChI is InChI=1S/C18H22N4O.HI/c1-12-7-13(2)9-16(8-12)22-18(19)21-11-14-5-4-6-15(10-14)17(23)20-3;/h4-10H,11H2,1-3H3,(H,20,23)(H3,19,21,22);1H. The molecule has 2 aromatic carbocycles. The van der Waals surface area contributed by atoms with E-state index in [1.807, 2.05) is 44.2 Å². The molecule has 0 aliphatic rings. The molecule has 128 valence electrons. The fourth-order valence-corrected chi connectivity index (χ4v) is 2.37. The minimum Gasteiger partial charge on any atom is -0.370 e. The molecule has 2 aromatic rings. The van der Waals surface area contributed by atoms with E-state index in [4.69, 9.17) is 5.73 Å². The summed E-state index contributed by atoms with van der Waals surface area (Å²) in [6.07, 6.45) is 0. The van der Waals surface area contributed by atoms with Crippen molar-refractivity contribution < 1.29 is 4.79 Å².